The van der Waals surface area contributed by atoms with Crippen molar-refractivity contribution in [2.45, 2.75) is 51.3 Å². The molecule has 2 aromatic rings. The number of rotatable bonds is 1. The van der Waals surface area contributed by atoms with Crippen molar-refractivity contribution < 1.29 is 13.9 Å². The molecule has 2 unspecified atom stereocenters. The van der Waals surface area contributed by atoms with Crippen LogP contribution < -0.4 is 4.90 Å². The number of carbonyl (C=O) groups excluding carboxylic acids is 1. The van der Waals surface area contributed by atoms with Crippen LogP contribution in [0.3, 0.4) is 0 Å². The van der Waals surface area contributed by atoms with Crippen molar-refractivity contribution in [3.8, 4) is 0 Å². The first kappa shape index (κ1) is 19.6. The van der Waals surface area contributed by atoms with Crippen molar-refractivity contribution in [3.05, 3.63) is 27.7 Å². The lowest BCUT2D eigenvalue weighted by Crippen LogP contribution is -2.56. The highest BCUT2D eigenvalue weighted by molar-refractivity contribution is 9.10. The first-order valence-corrected chi connectivity index (χ1v) is 10.4. The molecule has 2 aliphatic rings. The number of ether oxygens (including phenoxy) is 1. The van der Waals surface area contributed by atoms with Gasteiger partial charge in [-0.05, 0) is 73.3 Å². The van der Waals surface area contributed by atoms with Crippen LogP contribution in [0.25, 0.3) is 10.9 Å². The van der Waals surface area contributed by atoms with Crippen LogP contribution in [0.15, 0.2) is 16.6 Å². The highest BCUT2D eigenvalue weighted by atomic mass is 79.9. The predicted molar refractivity (Wildman–Crippen MR) is 109 cm³/mol. The van der Waals surface area contributed by atoms with Crippen LogP contribution in [0.4, 0.5) is 15.0 Å². The van der Waals surface area contributed by atoms with E-state index in [0.717, 1.165) is 12.8 Å². The number of anilines is 1. The van der Waals surface area contributed by atoms with Gasteiger partial charge in [-0.2, -0.15) is 4.98 Å². The third-order valence-electron chi connectivity index (χ3n) is 5.09. The first-order chi connectivity index (χ1) is 13.1. The zero-order chi connectivity index (χ0) is 20.2. The smallest absolute Gasteiger partial charge is 0.410 e. The second kappa shape index (κ2) is 6.99. The maximum absolute atomic E-state index is 14.6. The fourth-order valence-electron chi connectivity index (χ4n) is 4.02. The molecule has 2 fully saturated rings. The molecule has 0 saturated carbocycles. The summed E-state index contributed by atoms with van der Waals surface area (Å²) in [6.45, 7) is 6.65. The van der Waals surface area contributed by atoms with E-state index in [0.29, 0.717) is 28.8 Å². The van der Waals surface area contributed by atoms with Gasteiger partial charge in [-0.1, -0.05) is 0 Å². The van der Waals surface area contributed by atoms with Crippen LogP contribution in [0, 0.1) is 5.82 Å². The van der Waals surface area contributed by atoms with E-state index in [1.807, 2.05) is 20.8 Å². The summed E-state index contributed by atoms with van der Waals surface area (Å²) in [7, 11) is 0. The van der Waals surface area contributed by atoms with E-state index in [9.17, 15) is 9.18 Å². The highest BCUT2D eigenvalue weighted by Gasteiger charge is 2.43. The van der Waals surface area contributed by atoms with Gasteiger partial charge in [-0.15, -0.1) is 0 Å². The zero-order valence-electron chi connectivity index (χ0n) is 15.9. The Morgan fingerprint density at radius 1 is 1.25 bits per heavy atom. The van der Waals surface area contributed by atoms with Crippen LogP contribution in [-0.4, -0.2) is 51.7 Å². The van der Waals surface area contributed by atoms with Gasteiger partial charge in [-0.3, -0.25) is 0 Å². The van der Waals surface area contributed by atoms with Crippen molar-refractivity contribution in [2.75, 3.05) is 18.0 Å². The number of hydrogen-bond acceptors (Lipinski definition) is 5. The lowest BCUT2D eigenvalue weighted by atomic mass is 10.1. The molecule has 1 aromatic carbocycles. The Bertz CT molecular complexity index is 938. The summed E-state index contributed by atoms with van der Waals surface area (Å²) < 4.78 is 20.4. The molecule has 28 heavy (non-hydrogen) atoms. The number of nitrogens with zero attached hydrogens (tertiary/aromatic N) is 4. The van der Waals surface area contributed by atoms with Crippen molar-refractivity contribution in [1.29, 1.82) is 0 Å². The Morgan fingerprint density at radius 3 is 2.50 bits per heavy atom. The molecular formula is C19H21BrClFN4O2. The number of aromatic nitrogens is 2. The van der Waals surface area contributed by atoms with Gasteiger partial charge >= 0.3 is 6.09 Å². The predicted octanol–water partition coefficient (Wildman–Crippen LogP) is 4.77. The molecule has 2 aliphatic heterocycles. The summed E-state index contributed by atoms with van der Waals surface area (Å²) in [5, 5.41) is 0.626. The number of fused-ring (bicyclic) bond motifs is 3. The lowest BCUT2D eigenvalue weighted by Gasteiger charge is -2.42. The fourth-order valence-corrected chi connectivity index (χ4v) is 4.50. The molecule has 6 nitrogen and oxygen atoms in total. The van der Waals surface area contributed by atoms with E-state index < -0.39 is 11.4 Å². The minimum Gasteiger partial charge on any atom is -0.444 e. The summed E-state index contributed by atoms with van der Waals surface area (Å²) in [6.07, 6.45) is 1.54. The summed E-state index contributed by atoms with van der Waals surface area (Å²) in [5.74, 6) is 0.167. The lowest BCUT2D eigenvalue weighted by molar-refractivity contribution is 0.0209. The van der Waals surface area contributed by atoms with Gasteiger partial charge in [0.1, 0.15) is 16.9 Å². The maximum Gasteiger partial charge on any atom is 0.410 e. The largest absolute Gasteiger partial charge is 0.444 e. The maximum atomic E-state index is 14.6. The molecule has 0 aliphatic carbocycles. The van der Waals surface area contributed by atoms with Gasteiger partial charge in [0.25, 0.3) is 0 Å². The fraction of sp³-hybridized carbons (Fsp3) is 0.526. The van der Waals surface area contributed by atoms with Gasteiger partial charge in [0.05, 0.1) is 4.47 Å². The number of likely N-dealkylation sites (tertiary alicyclic amines) is 1. The Balaban J connectivity index is 1.67. The summed E-state index contributed by atoms with van der Waals surface area (Å²) >= 11 is 9.31. The number of halogens is 3. The van der Waals surface area contributed by atoms with Crippen LogP contribution in [0.5, 0.6) is 0 Å². The Morgan fingerprint density at radius 2 is 1.89 bits per heavy atom. The first-order valence-electron chi connectivity index (χ1n) is 9.21. The topological polar surface area (TPSA) is 58.6 Å². The molecule has 4 rings (SSSR count). The van der Waals surface area contributed by atoms with E-state index in [2.05, 4.69) is 30.8 Å². The standard InChI is InChI=1S/C19H21BrClFN4O2/c1-19(2,3)28-18(27)25-8-10-4-5-11(9-25)26(10)16-12-6-7-13(20)14(22)15(12)23-17(21)24-16/h6-7,10-11H,4-5,8-9H2,1-3H3. The third-order valence-corrected chi connectivity index (χ3v) is 5.87. The molecule has 0 N–H and O–H groups in total. The second-order valence-corrected chi connectivity index (χ2v) is 9.44. The molecule has 2 bridgehead atoms. The van der Waals surface area contributed by atoms with E-state index in [4.69, 9.17) is 16.3 Å². The van der Waals surface area contributed by atoms with Gasteiger partial charge in [0.2, 0.25) is 5.28 Å². The SMILES string of the molecule is CC(C)(C)OC(=O)N1CC2CCC(C1)N2c1nc(Cl)nc2c(F)c(Br)ccc12. The number of hydrogen-bond donors (Lipinski definition) is 0. The van der Waals surface area contributed by atoms with Crippen molar-refractivity contribution in [2.24, 2.45) is 0 Å². The molecule has 150 valence electrons. The summed E-state index contributed by atoms with van der Waals surface area (Å²) in [6, 6.07) is 3.60. The van der Waals surface area contributed by atoms with Crippen molar-refractivity contribution in [3.63, 3.8) is 0 Å². The minimum absolute atomic E-state index is 0.00784. The molecule has 0 spiro atoms. The average molecular weight is 472 g/mol. The van der Waals surface area contributed by atoms with Crippen LogP contribution in [0.2, 0.25) is 5.28 Å². The second-order valence-electron chi connectivity index (χ2n) is 8.25. The Labute approximate surface area is 176 Å². The van der Waals surface area contributed by atoms with Gasteiger partial charge in [0, 0.05) is 30.6 Å². The third kappa shape index (κ3) is 3.52. The van der Waals surface area contributed by atoms with Crippen LogP contribution in [0.1, 0.15) is 33.6 Å². The molecular weight excluding hydrogens is 451 g/mol. The summed E-state index contributed by atoms with van der Waals surface area (Å²) in [4.78, 5) is 24.9. The molecule has 9 heteroatoms. The van der Waals surface area contributed by atoms with Crippen LogP contribution in [-0.2, 0) is 4.74 Å². The average Bonchev–Trinajstić information content (AvgIpc) is 2.85. The number of amides is 1. The molecule has 1 amide bonds. The number of piperazine rings is 1. The molecule has 2 atom stereocenters. The van der Waals surface area contributed by atoms with E-state index in [1.165, 1.54) is 0 Å². The van der Waals surface area contributed by atoms with E-state index in [-0.39, 0.29) is 29.0 Å². The molecule has 1 aromatic heterocycles. The van der Waals surface area contributed by atoms with Gasteiger partial charge < -0.3 is 14.5 Å². The van der Waals surface area contributed by atoms with Crippen molar-refractivity contribution >= 4 is 50.3 Å². The Hall–Kier alpha value is -1.67. The highest BCUT2D eigenvalue weighted by Crippen LogP contribution is 2.39. The number of carbonyl (C=O) groups is 1. The van der Waals surface area contributed by atoms with E-state index in [1.54, 1.807) is 17.0 Å². The van der Waals surface area contributed by atoms with Crippen molar-refractivity contribution in [1.82, 2.24) is 14.9 Å². The molecule has 2 saturated heterocycles. The van der Waals surface area contributed by atoms with Gasteiger partial charge in [0.15, 0.2) is 5.82 Å². The monoisotopic (exact) mass is 470 g/mol. The van der Waals surface area contributed by atoms with Gasteiger partial charge in [-0.25, -0.2) is 14.2 Å². The quantitative estimate of drug-likeness (QED) is 0.561. The normalized spacial score (nSPS) is 22.1. The summed E-state index contributed by atoms with van der Waals surface area (Å²) in [5.41, 5.74) is -0.340. The molecule has 3 heterocycles. The zero-order valence-corrected chi connectivity index (χ0v) is 18.2. The minimum atomic E-state index is -0.533. The molecule has 0 radical (unpaired) electrons. The van der Waals surface area contributed by atoms with Crippen LogP contribution >= 0.6 is 27.5 Å². The Kier molecular flexibility index (Phi) is 4.90. The number of benzene rings is 1. The van der Waals surface area contributed by atoms with E-state index >= 15 is 0 Å².